The third-order valence-electron chi connectivity index (χ3n) is 3.30. The van der Waals surface area contributed by atoms with E-state index in [0.29, 0.717) is 12.0 Å². The summed E-state index contributed by atoms with van der Waals surface area (Å²) in [4.78, 5) is 0. The second-order valence-corrected chi connectivity index (χ2v) is 4.90. The standard InChI is InChI=1S/C15H18F2N2O/c1-3-12-8-13(19(2)18-12)9-14(20)6-10-4-5-11(16)7-15(10)17/h4-5,7-8,14,20H,3,6,9H2,1-2H3. The second-order valence-electron chi connectivity index (χ2n) is 4.90. The van der Waals surface area contributed by atoms with Gasteiger partial charge in [-0.2, -0.15) is 5.10 Å². The monoisotopic (exact) mass is 280 g/mol. The van der Waals surface area contributed by atoms with Gasteiger partial charge in [-0.25, -0.2) is 8.78 Å². The van der Waals surface area contributed by atoms with Gasteiger partial charge in [0.1, 0.15) is 11.6 Å². The molecule has 20 heavy (non-hydrogen) atoms. The summed E-state index contributed by atoms with van der Waals surface area (Å²) in [7, 11) is 1.82. The zero-order chi connectivity index (χ0) is 14.7. The molecule has 1 unspecified atom stereocenters. The summed E-state index contributed by atoms with van der Waals surface area (Å²) < 4.78 is 28.1. The third kappa shape index (κ3) is 3.42. The maximum Gasteiger partial charge on any atom is 0.129 e. The summed E-state index contributed by atoms with van der Waals surface area (Å²) >= 11 is 0. The van der Waals surface area contributed by atoms with Crippen molar-refractivity contribution in [3.05, 3.63) is 52.9 Å². The predicted molar refractivity (Wildman–Crippen MR) is 72.4 cm³/mol. The van der Waals surface area contributed by atoms with Crippen molar-refractivity contribution in [3.63, 3.8) is 0 Å². The lowest BCUT2D eigenvalue weighted by Crippen LogP contribution is -2.17. The van der Waals surface area contributed by atoms with Crippen LogP contribution in [0.2, 0.25) is 0 Å². The number of aryl methyl sites for hydroxylation is 2. The van der Waals surface area contributed by atoms with E-state index in [2.05, 4.69) is 5.10 Å². The van der Waals surface area contributed by atoms with Crippen molar-refractivity contribution >= 4 is 0 Å². The predicted octanol–water partition coefficient (Wildman–Crippen LogP) is 2.41. The molecule has 0 bridgehead atoms. The summed E-state index contributed by atoms with van der Waals surface area (Å²) in [6.07, 6.45) is 0.644. The largest absolute Gasteiger partial charge is 0.392 e. The van der Waals surface area contributed by atoms with Gasteiger partial charge in [-0.3, -0.25) is 4.68 Å². The number of hydrogen-bond acceptors (Lipinski definition) is 2. The lowest BCUT2D eigenvalue weighted by atomic mass is 10.0. The van der Waals surface area contributed by atoms with Gasteiger partial charge < -0.3 is 5.11 Å². The molecule has 1 N–H and O–H groups in total. The molecular formula is C15H18F2N2O. The molecule has 2 rings (SSSR count). The molecule has 0 aliphatic heterocycles. The van der Waals surface area contributed by atoms with E-state index in [9.17, 15) is 13.9 Å². The Balaban J connectivity index is 2.04. The van der Waals surface area contributed by atoms with Crippen LogP contribution in [0.3, 0.4) is 0 Å². The van der Waals surface area contributed by atoms with Gasteiger partial charge in [-0.15, -0.1) is 0 Å². The minimum absolute atomic E-state index is 0.152. The van der Waals surface area contributed by atoms with Crippen molar-refractivity contribution in [2.24, 2.45) is 7.05 Å². The summed E-state index contributed by atoms with van der Waals surface area (Å²) in [6.45, 7) is 2.01. The molecule has 0 saturated carbocycles. The van der Waals surface area contributed by atoms with Crippen LogP contribution in [0.25, 0.3) is 0 Å². The third-order valence-corrected chi connectivity index (χ3v) is 3.30. The normalized spacial score (nSPS) is 12.7. The molecule has 1 atom stereocenters. The van der Waals surface area contributed by atoms with Crippen molar-refractivity contribution in [1.29, 1.82) is 0 Å². The Hall–Kier alpha value is -1.75. The van der Waals surface area contributed by atoms with Crippen LogP contribution in [0, 0.1) is 11.6 Å². The van der Waals surface area contributed by atoms with Crippen molar-refractivity contribution in [2.75, 3.05) is 0 Å². The Kier molecular flexibility index (Phi) is 4.49. The molecule has 0 aliphatic rings. The van der Waals surface area contributed by atoms with E-state index in [1.807, 2.05) is 20.0 Å². The first-order valence-electron chi connectivity index (χ1n) is 6.63. The first-order chi connectivity index (χ1) is 9.49. The van der Waals surface area contributed by atoms with Gasteiger partial charge in [0, 0.05) is 31.6 Å². The maximum absolute atomic E-state index is 13.5. The van der Waals surface area contributed by atoms with Crippen molar-refractivity contribution in [2.45, 2.75) is 32.3 Å². The topological polar surface area (TPSA) is 38.0 Å². The molecule has 1 aromatic carbocycles. The molecule has 108 valence electrons. The van der Waals surface area contributed by atoms with E-state index in [-0.39, 0.29) is 6.42 Å². The maximum atomic E-state index is 13.5. The molecule has 0 radical (unpaired) electrons. The van der Waals surface area contributed by atoms with Crippen LogP contribution < -0.4 is 0 Å². The molecule has 3 nitrogen and oxygen atoms in total. The van der Waals surface area contributed by atoms with Crippen LogP contribution >= 0.6 is 0 Å². The van der Waals surface area contributed by atoms with E-state index in [1.165, 1.54) is 12.1 Å². The van der Waals surface area contributed by atoms with Crippen LogP contribution in [0.4, 0.5) is 8.78 Å². The molecule has 2 aromatic rings. The number of aliphatic hydroxyl groups excluding tert-OH is 1. The summed E-state index contributed by atoms with van der Waals surface area (Å²) in [5, 5.41) is 14.4. The Morgan fingerprint density at radius 1 is 1.25 bits per heavy atom. The summed E-state index contributed by atoms with van der Waals surface area (Å²) in [5.41, 5.74) is 2.18. The van der Waals surface area contributed by atoms with Crippen LogP contribution in [0.5, 0.6) is 0 Å². The summed E-state index contributed by atoms with van der Waals surface area (Å²) in [6, 6.07) is 5.34. The molecule has 1 aromatic heterocycles. The SMILES string of the molecule is CCc1cc(CC(O)Cc2ccc(F)cc2F)n(C)n1. The van der Waals surface area contributed by atoms with Gasteiger partial charge in [0.05, 0.1) is 11.8 Å². The first-order valence-corrected chi connectivity index (χ1v) is 6.63. The van der Waals surface area contributed by atoms with Crippen molar-refractivity contribution in [1.82, 2.24) is 9.78 Å². The average Bonchev–Trinajstić information content (AvgIpc) is 2.74. The highest BCUT2D eigenvalue weighted by molar-refractivity contribution is 5.20. The molecule has 0 spiro atoms. The Morgan fingerprint density at radius 3 is 2.60 bits per heavy atom. The highest BCUT2D eigenvalue weighted by Gasteiger charge is 2.13. The average molecular weight is 280 g/mol. The number of halogens is 2. The van der Waals surface area contributed by atoms with Crippen molar-refractivity contribution < 1.29 is 13.9 Å². The van der Waals surface area contributed by atoms with Gasteiger partial charge >= 0.3 is 0 Å². The number of hydrogen-bond donors (Lipinski definition) is 1. The fraction of sp³-hybridized carbons (Fsp3) is 0.400. The molecule has 0 saturated heterocycles. The van der Waals surface area contributed by atoms with Crippen LogP contribution in [0.15, 0.2) is 24.3 Å². The quantitative estimate of drug-likeness (QED) is 0.913. The van der Waals surface area contributed by atoms with Gasteiger partial charge in [0.15, 0.2) is 0 Å². The minimum Gasteiger partial charge on any atom is -0.392 e. The fourth-order valence-electron chi connectivity index (χ4n) is 2.19. The van der Waals surface area contributed by atoms with E-state index in [1.54, 1.807) is 4.68 Å². The van der Waals surface area contributed by atoms with Gasteiger partial charge in [0.2, 0.25) is 0 Å². The molecule has 5 heteroatoms. The van der Waals surface area contributed by atoms with E-state index >= 15 is 0 Å². The van der Waals surface area contributed by atoms with E-state index < -0.39 is 17.7 Å². The van der Waals surface area contributed by atoms with Gasteiger partial charge in [0.25, 0.3) is 0 Å². The van der Waals surface area contributed by atoms with E-state index in [4.69, 9.17) is 0 Å². The molecule has 0 amide bonds. The summed E-state index contributed by atoms with van der Waals surface area (Å²) in [5.74, 6) is -1.23. The minimum atomic E-state index is -0.727. The number of aromatic nitrogens is 2. The number of nitrogens with zero attached hydrogens (tertiary/aromatic N) is 2. The highest BCUT2D eigenvalue weighted by Crippen LogP contribution is 2.14. The Labute approximate surface area is 116 Å². The van der Waals surface area contributed by atoms with Crippen LogP contribution in [0.1, 0.15) is 23.9 Å². The Bertz CT molecular complexity index is 596. The zero-order valence-corrected chi connectivity index (χ0v) is 11.6. The number of benzene rings is 1. The lowest BCUT2D eigenvalue weighted by molar-refractivity contribution is 0.171. The number of aliphatic hydroxyl groups is 1. The molecule has 1 heterocycles. The smallest absolute Gasteiger partial charge is 0.129 e. The van der Waals surface area contributed by atoms with Gasteiger partial charge in [-0.05, 0) is 24.1 Å². The van der Waals surface area contributed by atoms with Crippen LogP contribution in [-0.4, -0.2) is 21.0 Å². The van der Waals surface area contributed by atoms with Gasteiger partial charge in [-0.1, -0.05) is 13.0 Å². The van der Waals surface area contributed by atoms with E-state index in [0.717, 1.165) is 23.9 Å². The molecule has 0 aliphatic carbocycles. The zero-order valence-electron chi connectivity index (χ0n) is 11.6. The first kappa shape index (κ1) is 14.7. The highest BCUT2D eigenvalue weighted by atomic mass is 19.1. The van der Waals surface area contributed by atoms with Crippen LogP contribution in [-0.2, 0) is 26.3 Å². The molecule has 0 fully saturated rings. The lowest BCUT2D eigenvalue weighted by Gasteiger charge is -2.11. The number of rotatable bonds is 5. The Morgan fingerprint density at radius 2 is 2.00 bits per heavy atom. The molecular weight excluding hydrogens is 262 g/mol. The second kappa shape index (κ2) is 6.13. The van der Waals surface area contributed by atoms with Crippen molar-refractivity contribution in [3.8, 4) is 0 Å². The fourth-order valence-corrected chi connectivity index (χ4v) is 2.19.